The smallest absolute Gasteiger partial charge is 0.254 e. The molecule has 0 radical (unpaired) electrons. The predicted octanol–water partition coefficient (Wildman–Crippen LogP) is 3.32. The first kappa shape index (κ1) is 18.1. The van der Waals surface area contributed by atoms with Gasteiger partial charge < -0.3 is 15.2 Å². The summed E-state index contributed by atoms with van der Waals surface area (Å²) in [6.45, 7) is 0. The van der Waals surface area contributed by atoms with Crippen LogP contribution in [0.5, 0.6) is 11.5 Å². The van der Waals surface area contributed by atoms with Crippen LogP contribution >= 0.6 is 0 Å². The molecule has 28 heavy (non-hydrogen) atoms. The van der Waals surface area contributed by atoms with Crippen molar-refractivity contribution >= 4 is 5.95 Å². The van der Waals surface area contributed by atoms with Gasteiger partial charge in [0.05, 0.1) is 19.9 Å². The Morgan fingerprint density at radius 1 is 1.07 bits per heavy atom. The molecule has 0 bridgehead atoms. The summed E-state index contributed by atoms with van der Waals surface area (Å²) in [4.78, 5) is 16.4. The third-order valence-corrected chi connectivity index (χ3v) is 5.39. The largest absolute Gasteiger partial charge is 0.493 e. The summed E-state index contributed by atoms with van der Waals surface area (Å²) in [5, 5.41) is 0. The van der Waals surface area contributed by atoms with Gasteiger partial charge in [0.1, 0.15) is 0 Å². The van der Waals surface area contributed by atoms with Crippen molar-refractivity contribution in [2.24, 2.45) is 7.05 Å². The minimum Gasteiger partial charge on any atom is -0.493 e. The number of nitrogens with two attached hydrogens (primary N) is 1. The summed E-state index contributed by atoms with van der Waals surface area (Å²) in [5.41, 5.74) is 9.77. The Bertz CT molecular complexity index is 1090. The number of nitrogen functional groups attached to an aromatic ring is 1. The van der Waals surface area contributed by atoms with E-state index in [4.69, 9.17) is 15.2 Å². The molecule has 4 rings (SSSR count). The quantitative estimate of drug-likeness (QED) is 0.738. The van der Waals surface area contributed by atoms with E-state index < -0.39 is 0 Å². The summed E-state index contributed by atoms with van der Waals surface area (Å²) >= 11 is 0. The lowest BCUT2D eigenvalue weighted by atomic mass is 9.99. The highest BCUT2D eigenvalue weighted by Gasteiger charge is 2.41. The Morgan fingerprint density at radius 3 is 2.57 bits per heavy atom. The molecule has 1 saturated carbocycles. The molecular weight excluding hydrogens is 354 g/mol. The predicted molar refractivity (Wildman–Crippen MR) is 109 cm³/mol. The van der Waals surface area contributed by atoms with E-state index in [-0.39, 0.29) is 17.4 Å². The molecule has 0 unspecified atom stereocenters. The van der Waals surface area contributed by atoms with Gasteiger partial charge in [0.25, 0.3) is 5.56 Å². The zero-order chi connectivity index (χ0) is 19.8. The standard InChI is InChI=1S/C22H23N3O3/c1-25-20(26)12-18(24-22(25)23)17-11-16(17)14-7-4-6-13(10-14)15-8-5-9-19(27-2)21(15)28-3/h4-10,12,16-17H,11H2,1-3H3,(H2,23,24)/t16-,17-/m0/s1. The first-order valence-electron chi connectivity index (χ1n) is 9.18. The maximum Gasteiger partial charge on any atom is 0.254 e. The molecule has 1 aliphatic rings. The number of hydrogen-bond acceptors (Lipinski definition) is 5. The van der Waals surface area contributed by atoms with Gasteiger partial charge in [-0.3, -0.25) is 9.36 Å². The SMILES string of the molecule is COc1cccc(-c2cccc([C@@H]3C[C@@H]3c3cc(=O)n(C)c(N)n3)c2)c1OC. The van der Waals surface area contributed by atoms with Crippen LogP contribution in [0.25, 0.3) is 11.1 Å². The van der Waals surface area contributed by atoms with Crippen molar-refractivity contribution in [1.82, 2.24) is 9.55 Å². The minimum absolute atomic E-state index is 0.122. The number of aromatic nitrogens is 2. The second-order valence-corrected chi connectivity index (χ2v) is 7.05. The van der Waals surface area contributed by atoms with Gasteiger partial charge in [0.15, 0.2) is 11.5 Å². The monoisotopic (exact) mass is 377 g/mol. The lowest BCUT2D eigenvalue weighted by Gasteiger charge is -2.13. The van der Waals surface area contributed by atoms with Crippen molar-refractivity contribution in [2.45, 2.75) is 18.3 Å². The summed E-state index contributed by atoms with van der Waals surface area (Å²) in [5.74, 6) is 2.22. The summed E-state index contributed by atoms with van der Waals surface area (Å²) < 4.78 is 12.4. The lowest BCUT2D eigenvalue weighted by molar-refractivity contribution is 0.356. The topological polar surface area (TPSA) is 79.4 Å². The Balaban J connectivity index is 1.66. The molecule has 1 heterocycles. The third-order valence-electron chi connectivity index (χ3n) is 5.39. The zero-order valence-corrected chi connectivity index (χ0v) is 16.2. The first-order chi connectivity index (χ1) is 13.5. The number of anilines is 1. The van der Waals surface area contributed by atoms with Crippen molar-refractivity contribution in [1.29, 1.82) is 0 Å². The maximum atomic E-state index is 12.0. The second kappa shape index (κ2) is 7.03. The Labute approximate surface area is 163 Å². The molecular formula is C22H23N3O3. The van der Waals surface area contributed by atoms with Crippen molar-refractivity contribution in [3.05, 3.63) is 70.1 Å². The normalized spacial score (nSPS) is 18.0. The van der Waals surface area contributed by atoms with E-state index in [0.717, 1.165) is 29.0 Å². The van der Waals surface area contributed by atoms with Gasteiger partial charge in [-0.2, -0.15) is 0 Å². The van der Waals surface area contributed by atoms with Gasteiger partial charge in [-0.05, 0) is 29.5 Å². The molecule has 1 fully saturated rings. The molecule has 0 amide bonds. The third kappa shape index (κ3) is 3.11. The van der Waals surface area contributed by atoms with E-state index in [2.05, 4.69) is 23.2 Å². The highest BCUT2D eigenvalue weighted by Crippen LogP contribution is 2.54. The number of methoxy groups -OCH3 is 2. The van der Waals surface area contributed by atoms with Crippen LogP contribution in [-0.4, -0.2) is 23.8 Å². The molecule has 2 atom stereocenters. The Hall–Kier alpha value is -3.28. The molecule has 6 heteroatoms. The fourth-order valence-corrected chi connectivity index (χ4v) is 3.71. The Morgan fingerprint density at radius 2 is 1.86 bits per heavy atom. The van der Waals surface area contributed by atoms with E-state index in [9.17, 15) is 4.79 Å². The molecule has 0 spiro atoms. The number of rotatable bonds is 5. The van der Waals surface area contributed by atoms with E-state index in [1.165, 1.54) is 10.1 Å². The van der Waals surface area contributed by atoms with Crippen molar-refractivity contribution in [3.63, 3.8) is 0 Å². The first-order valence-corrected chi connectivity index (χ1v) is 9.18. The molecule has 6 nitrogen and oxygen atoms in total. The second-order valence-electron chi connectivity index (χ2n) is 7.05. The lowest BCUT2D eigenvalue weighted by Crippen LogP contribution is -2.21. The van der Waals surface area contributed by atoms with Crippen LogP contribution in [0.15, 0.2) is 53.3 Å². The molecule has 3 aromatic rings. The van der Waals surface area contributed by atoms with E-state index in [0.29, 0.717) is 11.7 Å². The van der Waals surface area contributed by atoms with E-state index in [1.54, 1.807) is 27.3 Å². The fraction of sp³-hybridized carbons (Fsp3) is 0.273. The molecule has 0 aliphatic heterocycles. The number of benzene rings is 2. The molecule has 144 valence electrons. The van der Waals surface area contributed by atoms with Crippen LogP contribution in [0.1, 0.15) is 29.5 Å². The van der Waals surface area contributed by atoms with Crippen molar-refractivity contribution < 1.29 is 9.47 Å². The zero-order valence-electron chi connectivity index (χ0n) is 16.2. The number of hydrogen-bond donors (Lipinski definition) is 1. The van der Waals surface area contributed by atoms with Crippen molar-refractivity contribution in [3.8, 4) is 22.6 Å². The van der Waals surface area contributed by atoms with Gasteiger partial charge in [-0.15, -0.1) is 0 Å². The van der Waals surface area contributed by atoms with Gasteiger partial charge in [-0.1, -0.05) is 36.4 Å². The molecule has 1 aromatic heterocycles. The fourth-order valence-electron chi connectivity index (χ4n) is 3.71. The highest BCUT2D eigenvalue weighted by atomic mass is 16.5. The maximum absolute atomic E-state index is 12.0. The van der Waals surface area contributed by atoms with Crippen LogP contribution in [-0.2, 0) is 7.05 Å². The minimum atomic E-state index is -0.122. The molecule has 1 aliphatic carbocycles. The number of nitrogens with zero attached hydrogens (tertiary/aromatic N) is 2. The van der Waals surface area contributed by atoms with Crippen LogP contribution < -0.4 is 20.8 Å². The van der Waals surface area contributed by atoms with Gasteiger partial charge in [-0.25, -0.2) is 4.98 Å². The summed E-state index contributed by atoms with van der Waals surface area (Å²) in [6, 6.07) is 15.9. The Kier molecular flexibility index (Phi) is 4.55. The molecule has 0 saturated heterocycles. The van der Waals surface area contributed by atoms with Crippen LogP contribution in [0.4, 0.5) is 5.95 Å². The highest BCUT2D eigenvalue weighted by molar-refractivity contribution is 5.74. The van der Waals surface area contributed by atoms with E-state index >= 15 is 0 Å². The number of para-hydroxylation sites is 1. The summed E-state index contributed by atoms with van der Waals surface area (Å²) in [7, 11) is 4.91. The van der Waals surface area contributed by atoms with Gasteiger partial charge in [0, 0.05) is 24.6 Å². The number of ether oxygens (including phenoxy) is 2. The van der Waals surface area contributed by atoms with E-state index in [1.807, 2.05) is 24.3 Å². The molecule has 2 N–H and O–H groups in total. The van der Waals surface area contributed by atoms with Gasteiger partial charge in [0.2, 0.25) is 5.95 Å². The van der Waals surface area contributed by atoms with Crippen LogP contribution in [0.2, 0.25) is 0 Å². The average molecular weight is 377 g/mol. The molecule has 2 aromatic carbocycles. The van der Waals surface area contributed by atoms with Crippen LogP contribution in [0.3, 0.4) is 0 Å². The van der Waals surface area contributed by atoms with Gasteiger partial charge >= 0.3 is 0 Å². The van der Waals surface area contributed by atoms with Crippen LogP contribution in [0, 0.1) is 0 Å². The average Bonchev–Trinajstić information content (AvgIpc) is 3.52. The van der Waals surface area contributed by atoms with Crippen molar-refractivity contribution in [2.75, 3.05) is 20.0 Å². The summed E-state index contributed by atoms with van der Waals surface area (Å²) in [6.07, 6.45) is 0.957.